The van der Waals surface area contributed by atoms with Crippen molar-refractivity contribution < 1.29 is 28.5 Å². The monoisotopic (exact) mass is 457 g/mol. The van der Waals surface area contributed by atoms with Crippen molar-refractivity contribution in [3.63, 3.8) is 0 Å². The SMILES string of the molecule is COc1ccc(CCNC(=O)c2ccc(-c3ccc(OC)c(OC)c3OC)s2)cc1OC. The van der Waals surface area contributed by atoms with Gasteiger partial charge in [0.1, 0.15) is 0 Å². The fourth-order valence-electron chi connectivity index (χ4n) is 3.34. The molecule has 0 saturated carbocycles. The van der Waals surface area contributed by atoms with E-state index in [2.05, 4.69) is 5.32 Å². The van der Waals surface area contributed by atoms with Gasteiger partial charge in [0.25, 0.3) is 5.91 Å². The largest absolute Gasteiger partial charge is 0.493 e. The third-order valence-electron chi connectivity index (χ3n) is 4.95. The number of carbonyl (C=O) groups is 1. The van der Waals surface area contributed by atoms with Gasteiger partial charge in [-0.2, -0.15) is 0 Å². The number of thiophene rings is 1. The fourth-order valence-corrected chi connectivity index (χ4v) is 4.29. The number of methoxy groups -OCH3 is 5. The first-order chi connectivity index (χ1) is 15.6. The molecule has 1 aromatic heterocycles. The maximum atomic E-state index is 12.7. The Hall–Kier alpha value is -3.39. The molecule has 170 valence electrons. The lowest BCUT2D eigenvalue weighted by molar-refractivity contribution is 0.0958. The van der Waals surface area contributed by atoms with Gasteiger partial charge in [0.2, 0.25) is 5.75 Å². The summed E-state index contributed by atoms with van der Waals surface area (Å²) in [5.41, 5.74) is 1.88. The minimum Gasteiger partial charge on any atom is -0.493 e. The molecule has 0 bridgehead atoms. The average Bonchev–Trinajstić information content (AvgIpc) is 3.32. The Morgan fingerprint density at radius 3 is 2.12 bits per heavy atom. The van der Waals surface area contributed by atoms with E-state index in [4.69, 9.17) is 23.7 Å². The predicted octanol–water partition coefficient (Wildman–Crippen LogP) is 4.43. The summed E-state index contributed by atoms with van der Waals surface area (Å²) >= 11 is 1.39. The standard InChI is InChI=1S/C24H27NO6S/c1-27-17-8-6-15(14-19(17)29-3)12-13-25-24(26)21-11-10-20(32-21)16-7-9-18(28-2)23(31-5)22(16)30-4/h6-11,14H,12-13H2,1-5H3,(H,25,26). The molecule has 1 amide bonds. The molecular formula is C24H27NO6S. The van der Waals surface area contributed by atoms with Crippen LogP contribution in [0.2, 0.25) is 0 Å². The molecule has 0 aliphatic rings. The average molecular weight is 458 g/mol. The highest BCUT2D eigenvalue weighted by molar-refractivity contribution is 7.17. The number of hydrogen-bond acceptors (Lipinski definition) is 7. The summed E-state index contributed by atoms with van der Waals surface area (Å²) in [5, 5.41) is 2.97. The van der Waals surface area contributed by atoms with Crippen molar-refractivity contribution in [1.29, 1.82) is 0 Å². The number of ether oxygens (including phenoxy) is 5. The number of rotatable bonds is 10. The second-order valence-corrected chi connectivity index (χ2v) is 7.82. The lowest BCUT2D eigenvalue weighted by atomic mass is 10.1. The highest BCUT2D eigenvalue weighted by atomic mass is 32.1. The number of nitrogens with one attached hydrogen (secondary N) is 1. The van der Waals surface area contributed by atoms with Gasteiger partial charge in [-0.3, -0.25) is 4.79 Å². The van der Waals surface area contributed by atoms with E-state index < -0.39 is 0 Å². The first kappa shape index (κ1) is 23.3. The molecule has 8 heteroatoms. The molecule has 0 aliphatic carbocycles. The van der Waals surface area contributed by atoms with E-state index >= 15 is 0 Å². The molecule has 3 aromatic rings. The van der Waals surface area contributed by atoms with Crippen molar-refractivity contribution in [2.45, 2.75) is 6.42 Å². The van der Waals surface area contributed by atoms with Gasteiger partial charge in [0.05, 0.1) is 40.4 Å². The summed E-state index contributed by atoms with van der Waals surface area (Å²) < 4.78 is 27.0. The summed E-state index contributed by atoms with van der Waals surface area (Å²) in [4.78, 5) is 14.2. The summed E-state index contributed by atoms with van der Waals surface area (Å²) in [6.07, 6.45) is 0.674. The minimum absolute atomic E-state index is 0.124. The molecule has 2 aromatic carbocycles. The van der Waals surface area contributed by atoms with Crippen LogP contribution in [0.1, 0.15) is 15.2 Å². The molecule has 0 aliphatic heterocycles. The molecule has 3 rings (SSSR count). The Labute approximate surface area is 191 Å². The van der Waals surface area contributed by atoms with E-state index in [9.17, 15) is 4.79 Å². The molecule has 0 saturated heterocycles. The molecule has 7 nitrogen and oxygen atoms in total. The quantitative estimate of drug-likeness (QED) is 0.485. The van der Waals surface area contributed by atoms with Gasteiger partial charge in [-0.15, -0.1) is 11.3 Å². The zero-order valence-electron chi connectivity index (χ0n) is 18.8. The van der Waals surface area contributed by atoms with E-state index in [0.717, 1.165) is 16.0 Å². The molecule has 32 heavy (non-hydrogen) atoms. The van der Waals surface area contributed by atoms with Gasteiger partial charge in [0.15, 0.2) is 23.0 Å². The van der Waals surface area contributed by atoms with E-state index in [1.165, 1.54) is 11.3 Å². The molecular weight excluding hydrogens is 430 g/mol. The molecule has 1 N–H and O–H groups in total. The van der Waals surface area contributed by atoms with Crippen LogP contribution in [0.3, 0.4) is 0 Å². The van der Waals surface area contributed by atoms with Crippen LogP contribution in [-0.2, 0) is 6.42 Å². The second-order valence-electron chi connectivity index (χ2n) is 6.74. The van der Waals surface area contributed by atoms with Crippen LogP contribution in [0.25, 0.3) is 10.4 Å². The van der Waals surface area contributed by atoms with Gasteiger partial charge in [-0.1, -0.05) is 6.07 Å². The topological polar surface area (TPSA) is 75.3 Å². The van der Waals surface area contributed by atoms with Gasteiger partial charge >= 0.3 is 0 Å². The Bertz CT molecular complexity index is 1080. The Kier molecular flexibility index (Phi) is 7.83. The van der Waals surface area contributed by atoms with Crippen molar-refractivity contribution in [3.8, 4) is 39.2 Å². The van der Waals surface area contributed by atoms with Crippen LogP contribution in [0.4, 0.5) is 0 Å². The lowest BCUT2D eigenvalue weighted by Crippen LogP contribution is -2.24. The van der Waals surface area contributed by atoms with Gasteiger partial charge in [-0.05, 0) is 48.4 Å². The number of amides is 1. The molecule has 0 radical (unpaired) electrons. The van der Waals surface area contributed by atoms with Gasteiger partial charge in [0, 0.05) is 17.0 Å². The van der Waals surface area contributed by atoms with E-state index in [0.29, 0.717) is 46.6 Å². The van der Waals surface area contributed by atoms with Gasteiger partial charge < -0.3 is 29.0 Å². The summed E-state index contributed by atoms with van der Waals surface area (Å²) in [6.45, 7) is 0.501. The number of carbonyl (C=O) groups excluding carboxylic acids is 1. The van der Waals surface area contributed by atoms with Crippen molar-refractivity contribution >= 4 is 17.2 Å². The molecule has 1 heterocycles. The number of hydrogen-bond donors (Lipinski definition) is 1. The van der Waals surface area contributed by atoms with Crippen molar-refractivity contribution in [3.05, 3.63) is 52.9 Å². The van der Waals surface area contributed by atoms with Crippen molar-refractivity contribution in [2.24, 2.45) is 0 Å². The Balaban J connectivity index is 1.69. The summed E-state index contributed by atoms with van der Waals surface area (Å²) in [5.74, 6) is 2.88. The normalized spacial score (nSPS) is 10.4. The van der Waals surface area contributed by atoms with Crippen LogP contribution in [0.5, 0.6) is 28.7 Å². The fraction of sp³-hybridized carbons (Fsp3) is 0.292. The highest BCUT2D eigenvalue weighted by Crippen LogP contribution is 2.45. The lowest BCUT2D eigenvalue weighted by Gasteiger charge is -2.14. The van der Waals surface area contributed by atoms with Crippen molar-refractivity contribution in [2.75, 3.05) is 42.1 Å². The van der Waals surface area contributed by atoms with Crippen LogP contribution in [0.15, 0.2) is 42.5 Å². The molecule has 0 unspecified atom stereocenters. The summed E-state index contributed by atoms with van der Waals surface area (Å²) in [6, 6.07) is 13.2. The molecule has 0 atom stereocenters. The third-order valence-corrected chi connectivity index (χ3v) is 6.06. The molecule has 0 spiro atoms. The van der Waals surface area contributed by atoms with Crippen molar-refractivity contribution in [1.82, 2.24) is 5.32 Å². The maximum absolute atomic E-state index is 12.7. The summed E-state index contributed by atoms with van der Waals surface area (Å²) in [7, 11) is 7.93. The van der Waals surface area contributed by atoms with Gasteiger partial charge in [-0.25, -0.2) is 0 Å². The van der Waals surface area contributed by atoms with Crippen LogP contribution >= 0.6 is 11.3 Å². The Morgan fingerprint density at radius 2 is 1.47 bits per heavy atom. The molecule has 0 fully saturated rings. The smallest absolute Gasteiger partial charge is 0.261 e. The highest BCUT2D eigenvalue weighted by Gasteiger charge is 2.19. The predicted molar refractivity (Wildman–Crippen MR) is 125 cm³/mol. The zero-order chi connectivity index (χ0) is 23.1. The van der Waals surface area contributed by atoms with E-state index in [1.54, 1.807) is 35.5 Å². The van der Waals surface area contributed by atoms with Crippen LogP contribution < -0.4 is 29.0 Å². The van der Waals surface area contributed by atoms with E-state index in [1.807, 2.05) is 42.5 Å². The van der Waals surface area contributed by atoms with Crippen LogP contribution in [0, 0.1) is 0 Å². The third kappa shape index (κ3) is 4.91. The number of benzene rings is 2. The van der Waals surface area contributed by atoms with Crippen LogP contribution in [-0.4, -0.2) is 48.0 Å². The zero-order valence-corrected chi connectivity index (χ0v) is 19.6. The van der Waals surface area contributed by atoms with E-state index in [-0.39, 0.29) is 5.91 Å². The first-order valence-corrected chi connectivity index (χ1v) is 10.8. The minimum atomic E-state index is -0.124. The Morgan fingerprint density at radius 1 is 0.781 bits per heavy atom. The second kappa shape index (κ2) is 10.8. The first-order valence-electron chi connectivity index (χ1n) is 9.94. The maximum Gasteiger partial charge on any atom is 0.261 e.